The summed E-state index contributed by atoms with van der Waals surface area (Å²) in [7, 11) is 0. The average Bonchev–Trinajstić information content (AvgIpc) is 2.58. The minimum Gasteiger partial charge on any atom is -0.455 e. The van der Waals surface area contributed by atoms with Crippen molar-refractivity contribution in [2.75, 3.05) is 17.7 Å². The van der Waals surface area contributed by atoms with E-state index < -0.39 is 35.9 Å². The first kappa shape index (κ1) is 22.0. The van der Waals surface area contributed by atoms with Gasteiger partial charge in [-0.2, -0.15) is 13.2 Å². The first-order valence-corrected chi connectivity index (χ1v) is 9.18. The Morgan fingerprint density at radius 1 is 1.18 bits per heavy atom. The van der Waals surface area contributed by atoms with Crippen LogP contribution in [0, 0.1) is 13.8 Å². The van der Waals surface area contributed by atoms with Crippen LogP contribution in [0.2, 0.25) is 5.02 Å². The van der Waals surface area contributed by atoms with Crippen molar-refractivity contribution < 1.29 is 27.5 Å². The number of aryl methyl sites for hydroxylation is 2. The van der Waals surface area contributed by atoms with E-state index >= 15 is 0 Å². The second kappa shape index (κ2) is 9.24. The molecule has 28 heavy (non-hydrogen) atoms. The summed E-state index contributed by atoms with van der Waals surface area (Å²) < 4.78 is 43.8. The molecular weight excluding hydrogens is 419 g/mol. The van der Waals surface area contributed by atoms with E-state index in [4.69, 9.17) is 16.3 Å². The van der Waals surface area contributed by atoms with Crippen LogP contribution in [0.25, 0.3) is 0 Å². The lowest BCUT2D eigenvalue weighted by atomic mass is 10.1. The van der Waals surface area contributed by atoms with Crippen LogP contribution < -0.4 is 5.32 Å². The van der Waals surface area contributed by atoms with Crippen LogP contribution in [0.1, 0.15) is 17.0 Å². The molecule has 150 valence electrons. The number of anilines is 1. The van der Waals surface area contributed by atoms with Gasteiger partial charge in [0, 0.05) is 16.4 Å². The Labute approximate surface area is 167 Å². The number of benzene rings is 1. The van der Waals surface area contributed by atoms with Gasteiger partial charge in [-0.05, 0) is 38.1 Å². The summed E-state index contributed by atoms with van der Waals surface area (Å²) >= 11 is 6.60. The van der Waals surface area contributed by atoms with E-state index in [1.165, 1.54) is 6.07 Å². The molecule has 2 rings (SSSR count). The Morgan fingerprint density at radius 2 is 1.82 bits per heavy atom. The van der Waals surface area contributed by atoms with Gasteiger partial charge in [0.1, 0.15) is 0 Å². The third kappa shape index (κ3) is 6.68. The van der Waals surface area contributed by atoms with Gasteiger partial charge >= 0.3 is 12.1 Å². The van der Waals surface area contributed by atoms with Gasteiger partial charge in [-0.15, -0.1) is 0 Å². The van der Waals surface area contributed by atoms with Crippen LogP contribution in [-0.2, 0) is 20.5 Å². The molecule has 0 fully saturated rings. The minimum atomic E-state index is -4.70. The van der Waals surface area contributed by atoms with Crippen molar-refractivity contribution in [2.24, 2.45) is 0 Å². The molecular formula is C17H15ClF3N3O3S. The molecule has 11 heteroatoms. The lowest BCUT2D eigenvalue weighted by Gasteiger charge is -2.14. The number of carbonyl (C=O) groups excluding carboxylic acids is 2. The second-order valence-electron chi connectivity index (χ2n) is 5.62. The molecule has 0 atom stereocenters. The number of hydrogen-bond donors (Lipinski definition) is 1. The van der Waals surface area contributed by atoms with Gasteiger partial charge in [0.05, 0.1) is 17.0 Å². The van der Waals surface area contributed by atoms with Gasteiger partial charge < -0.3 is 10.1 Å². The van der Waals surface area contributed by atoms with Gasteiger partial charge in [0.15, 0.2) is 11.8 Å². The third-order valence-electron chi connectivity index (χ3n) is 3.21. The van der Waals surface area contributed by atoms with Gasteiger partial charge in [0.25, 0.3) is 5.91 Å². The minimum absolute atomic E-state index is 0.123. The smallest absolute Gasteiger partial charge is 0.418 e. The van der Waals surface area contributed by atoms with Crippen molar-refractivity contribution >= 4 is 40.9 Å². The molecule has 0 bridgehead atoms. The molecule has 6 nitrogen and oxygen atoms in total. The SMILES string of the molecule is Cc1cc(C)nc(SCC(=O)OCC(=O)Nc2ccc(Cl)cc2C(F)(F)F)n1. The van der Waals surface area contributed by atoms with Gasteiger partial charge in [-0.25, -0.2) is 9.97 Å². The Bertz CT molecular complexity index is 873. The summed E-state index contributed by atoms with van der Waals surface area (Å²) in [5.74, 6) is -1.78. The quantitative estimate of drug-likeness (QED) is 0.420. The summed E-state index contributed by atoms with van der Waals surface area (Å²) in [6, 6.07) is 4.71. The molecule has 0 aliphatic heterocycles. The van der Waals surface area contributed by atoms with Crippen LogP contribution in [0.15, 0.2) is 29.4 Å². The number of nitrogens with zero attached hydrogens (tertiary/aromatic N) is 2. The Morgan fingerprint density at radius 3 is 2.43 bits per heavy atom. The van der Waals surface area contributed by atoms with Crippen molar-refractivity contribution in [3.63, 3.8) is 0 Å². The number of aromatic nitrogens is 2. The molecule has 2 aromatic rings. The highest BCUT2D eigenvalue weighted by atomic mass is 35.5. The van der Waals surface area contributed by atoms with Gasteiger partial charge in [0.2, 0.25) is 0 Å². The maximum atomic E-state index is 13.0. The largest absolute Gasteiger partial charge is 0.455 e. The lowest BCUT2D eigenvalue weighted by Crippen LogP contribution is -2.23. The molecule has 0 unspecified atom stereocenters. The van der Waals surface area contributed by atoms with Crippen LogP contribution in [0.4, 0.5) is 18.9 Å². The van der Waals surface area contributed by atoms with E-state index in [9.17, 15) is 22.8 Å². The number of ether oxygens (including phenoxy) is 1. The normalized spacial score (nSPS) is 11.2. The van der Waals surface area contributed by atoms with E-state index in [0.717, 1.165) is 29.2 Å². The number of esters is 1. The molecule has 0 spiro atoms. The Kier molecular flexibility index (Phi) is 7.25. The molecule has 0 radical (unpaired) electrons. The Balaban J connectivity index is 1.88. The molecule has 1 N–H and O–H groups in total. The van der Waals surface area contributed by atoms with Crippen LogP contribution in [0.5, 0.6) is 0 Å². The topological polar surface area (TPSA) is 81.2 Å². The summed E-state index contributed by atoms with van der Waals surface area (Å²) in [5.41, 5.74) is -0.0875. The summed E-state index contributed by atoms with van der Waals surface area (Å²) in [4.78, 5) is 31.9. The number of nitrogens with one attached hydrogen (secondary N) is 1. The van der Waals surface area contributed by atoms with E-state index in [2.05, 4.69) is 15.3 Å². The standard InChI is InChI=1S/C17H15ClF3N3O3S/c1-9-5-10(2)23-16(22-9)28-8-15(26)27-7-14(25)24-13-4-3-11(18)6-12(13)17(19,20)21/h3-6H,7-8H2,1-2H3,(H,24,25). The predicted octanol–water partition coefficient (Wildman–Crippen LogP) is 4.04. The number of rotatable bonds is 6. The predicted molar refractivity (Wildman–Crippen MR) is 98.3 cm³/mol. The summed E-state index contributed by atoms with van der Waals surface area (Å²) in [6.45, 7) is 2.84. The van der Waals surface area contributed by atoms with Crippen molar-refractivity contribution in [3.05, 3.63) is 46.2 Å². The number of hydrogen-bond acceptors (Lipinski definition) is 6. The van der Waals surface area contributed by atoms with E-state index in [0.29, 0.717) is 11.2 Å². The first-order chi connectivity index (χ1) is 13.0. The molecule has 1 aromatic carbocycles. The first-order valence-electron chi connectivity index (χ1n) is 7.82. The van der Waals surface area contributed by atoms with Crippen molar-refractivity contribution in [1.82, 2.24) is 9.97 Å². The highest BCUT2D eigenvalue weighted by Gasteiger charge is 2.34. The van der Waals surface area contributed by atoms with Gasteiger partial charge in [-0.1, -0.05) is 23.4 Å². The average molecular weight is 434 g/mol. The van der Waals surface area contributed by atoms with Crippen molar-refractivity contribution in [3.8, 4) is 0 Å². The van der Waals surface area contributed by atoms with Crippen molar-refractivity contribution in [1.29, 1.82) is 0 Å². The highest BCUT2D eigenvalue weighted by molar-refractivity contribution is 7.99. The third-order valence-corrected chi connectivity index (χ3v) is 4.26. The van der Waals surface area contributed by atoms with E-state index in [-0.39, 0.29) is 10.8 Å². The van der Waals surface area contributed by atoms with E-state index in [1.54, 1.807) is 19.9 Å². The van der Waals surface area contributed by atoms with Crippen LogP contribution in [-0.4, -0.2) is 34.2 Å². The van der Waals surface area contributed by atoms with Gasteiger partial charge in [-0.3, -0.25) is 9.59 Å². The maximum Gasteiger partial charge on any atom is 0.418 e. The fourth-order valence-corrected chi connectivity index (χ4v) is 3.04. The summed E-state index contributed by atoms with van der Waals surface area (Å²) in [5, 5.41) is 2.32. The molecule has 0 saturated carbocycles. The number of halogens is 4. The summed E-state index contributed by atoms with van der Waals surface area (Å²) in [6.07, 6.45) is -4.70. The number of amides is 1. The zero-order valence-corrected chi connectivity index (χ0v) is 16.3. The molecule has 1 heterocycles. The molecule has 0 aliphatic carbocycles. The zero-order chi connectivity index (χ0) is 20.9. The highest BCUT2D eigenvalue weighted by Crippen LogP contribution is 2.36. The lowest BCUT2D eigenvalue weighted by molar-refractivity contribution is -0.144. The molecule has 0 saturated heterocycles. The number of alkyl halides is 3. The zero-order valence-electron chi connectivity index (χ0n) is 14.8. The van der Waals surface area contributed by atoms with Crippen LogP contribution >= 0.6 is 23.4 Å². The Hall–Kier alpha value is -2.33. The fourth-order valence-electron chi connectivity index (χ4n) is 2.12. The number of carbonyl (C=O) groups is 2. The monoisotopic (exact) mass is 433 g/mol. The molecule has 1 amide bonds. The number of thioether (sulfide) groups is 1. The van der Waals surface area contributed by atoms with Crippen molar-refractivity contribution in [2.45, 2.75) is 25.2 Å². The second-order valence-corrected chi connectivity index (χ2v) is 7.00. The van der Waals surface area contributed by atoms with E-state index in [1.807, 2.05) is 0 Å². The molecule has 1 aromatic heterocycles. The van der Waals surface area contributed by atoms with Crippen LogP contribution in [0.3, 0.4) is 0 Å². The maximum absolute atomic E-state index is 13.0. The fraction of sp³-hybridized carbons (Fsp3) is 0.294. The molecule has 0 aliphatic rings.